The van der Waals surface area contributed by atoms with E-state index in [0.29, 0.717) is 11.9 Å². The van der Waals surface area contributed by atoms with Gasteiger partial charge < -0.3 is 0 Å². The van der Waals surface area contributed by atoms with Crippen molar-refractivity contribution in [3.63, 3.8) is 0 Å². The van der Waals surface area contributed by atoms with Crippen molar-refractivity contribution < 1.29 is 4.79 Å². The summed E-state index contributed by atoms with van der Waals surface area (Å²) in [6.45, 7) is 3.95. The number of nitrogens with one attached hydrogen (secondary N) is 1. The first-order chi connectivity index (χ1) is 11.6. The molecule has 0 spiro atoms. The number of carbonyl (C=O) groups excluding carboxylic acids is 1. The maximum atomic E-state index is 12.2. The molecule has 122 valence electrons. The van der Waals surface area contributed by atoms with Crippen LogP contribution >= 0.6 is 0 Å². The number of benzene rings is 1. The molecule has 0 radical (unpaired) electrons. The van der Waals surface area contributed by atoms with Gasteiger partial charge in [0, 0.05) is 11.1 Å². The van der Waals surface area contributed by atoms with Crippen LogP contribution in [0.1, 0.15) is 36.9 Å². The molecule has 1 aromatic heterocycles. The molecular formula is C18H19N5O. The van der Waals surface area contributed by atoms with Gasteiger partial charge >= 0.3 is 0 Å². The fourth-order valence-electron chi connectivity index (χ4n) is 3.41. The molecule has 1 aliphatic carbocycles. The zero-order valence-corrected chi connectivity index (χ0v) is 13.8. The molecule has 1 unspecified atom stereocenters. The Morgan fingerprint density at radius 2 is 2.08 bits per heavy atom. The van der Waals surface area contributed by atoms with Crippen LogP contribution in [-0.4, -0.2) is 27.5 Å². The smallest absolute Gasteiger partial charge is 0.253 e. The van der Waals surface area contributed by atoms with Gasteiger partial charge in [-0.05, 0) is 38.7 Å². The summed E-state index contributed by atoms with van der Waals surface area (Å²) >= 11 is 0. The zero-order chi connectivity index (χ0) is 16.7. The van der Waals surface area contributed by atoms with Crippen molar-refractivity contribution >= 4 is 34.4 Å². The SMILES string of the molecule is Cc1nc(/N=C2/N=C3CCCCC3C(=O)N2)nc2c(C)cccc12. The highest BCUT2D eigenvalue weighted by Gasteiger charge is 2.31. The average molecular weight is 321 g/mol. The number of guanidine groups is 1. The second-order valence-electron chi connectivity index (χ2n) is 6.41. The molecule has 1 N–H and O–H groups in total. The lowest BCUT2D eigenvalue weighted by Crippen LogP contribution is -2.44. The van der Waals surface area contributed by atoms with E-state index in [4.69, 9.17) is 0 Å². The fourth-order valence-corrected chi connectivity index (χ4v) is 3.41. The zero-order valence-electron chi connectivity index (χ0n) is 13.8. The number of hydrogen-bond acceptors (Lipinski definition) is 4. The Hall–Kier alpha value is -2.63. The Morgan fingerprint density at radius 1 is 1.21 bits per heavy atom. The van der Waals surface area contributed by atoms with Crippen molar-refractivity contribution in [2.24, 2.45) is 15.9 Å². The van der Waals surface area contributed by atoms with E-state index in [1.807, 2.05) is 32.0 Å². The lowest BCUT2D eigenvalue weighted by Gasteiger charge is -2.26. The van der Waals surface area contributed by atoms with Gasteiger partial charge in [-0.1, -0.05) is 24.6 Å². The highest BCUT2D eigenvalue weighted by Crippen LogP contribution is 2.25. The van der Waals surface area contributed by atoms with Crippen molar-refractivity contribution in [1.29, 1.82) is 0 Å². The summed E-state index contributed by atoms with van der Waals surface area (Å²) in [7, 11) is 0. The summed E-state index contributed by atoms with van der Waals surface area (Å²) in [5.41, 5.74) is 3.77. The van der Waals surface area contributed by atoms with Gasteiger partial charge in [0.1, 0.15) is 0 Å². The Kier molecular flexibility index (Phi) is 3.59. The van der Waals surface area contributed by atoms with Gasteiger partial charge in [-0.2, -0.15) is 4.99 Å². The van der Waals surface area contributed by atoms with Gasteiger partial charge in [0.05, 0.1) is 17.1 Å². The molecule has 6 nitrogen and oxygen atoms in total. The lowest BCUT2D eigenvalue weighted by atomic mass is 9.86. The monoisotopic (exact) mass is 321 g/mol. The second kappa shape index (κ2) is 5.78. The van der Waals surface area contributed by atoms with Crippen molar-refractivity contribution in [2.75, 3.05) is 0 Å². The van der Waals surface area contributed by atoms with E-state index < -0.39 is 0 Å². The Balaban J connectivity index is 1.77. The first-order valence-corrected chi connectivity index (χ1v) is 8.33. The highest BCUT2D eigenvalue weighted by atomic mass is 16.2. The van der Waals surface area contributed by atoms with Gasteiger partial charge in [0.2, 0.25) is 11.9 Å². The third-order valence-corrected chi connectivity index (χ3v) is 4.69. The minimum atomic E-state index is -0.0841. The molecule has 24 heavy (non-hydrogen) atoms. The van der Waals surface area contributed by atoms with Crippen molar-refractivity contribution in [2.45, 2.75) is 39.5 Å². The van der Waals surface area contributed by atoms with Crippen molar-refractivity contribution in [1.82, 2.24) is 15.3 Å². The molecule has 6 heteroatoms. The normalized spacial score (nSPS) is 22.2. The summed E-state index contributed by atoms with van der Waals surface area (Å²) in [5, 5.41) is 3.81. The number of fused-ring (bicyclic) bond motifs is 2. The number of aliphatic imine (C=N–C) groups is 2. The van der Waals surface area contributed by atoms with Crippen LogP contribution in [0.25, 0.3) is 10.9 Å². The minimum Gasteiger partial charge on any atom is -0.294 e. The topological polar surface area (TPSA) is 79.6 Å². The molecule has 2 heterocycles. The number of aromatic nitrogens is 2. The highest BCUT2D eigenvalue weighted by molar-refractivity contribution is 6.18. The Bertz CT molecular complexity index is 900. The molecule has 0 bridgehead atoms. The van der Waals surface area contributed by atoms with E-state index in [1.165, 1.54) is 0 Å². The van der Waals surface area contributed by atoms with Gasteiger partial charge in [-0.25, -0.2) is 15.0 Å². The molecule has 1 atom stereocenters. The van der Waals surface area contributed by atoms with Crippen LogP contribution in [-0.2, 0) is 4.79 Å². The van der Waals surface area contributed by atoms with Crippen LogP contribution in [0.2, 0.25) is 0 Å². The van der Waals surface area contributed by atoms with E-state index in [-0.39, 0.29) is 11.8 Å². The molecule has 1 amide bonds. The standard InChI is InChI=1S/C18H19N5O/c1-10-6-5-8-12-11(2)19-17(21-15(10)12)23-18-20-14-9-4-3-7-13(14)16(24)22-18/h5-6,8,13H,3-4,7,9H2,1-2H3,(H,19,21,22,23,24). The minimum absolute atomic E-state index is 0.00728. The van der Waals surface area contributed by atoms with Crippen molar-refractivity contribution in [3.05, 3.63) is 29.5 Å². The van der Waals surface area contributed by atoms with Crippen LogP contribution in [0, 0.1) is 19.8 Å². The van der Waals surface area contributed by atoms with Crippen molar-refractivity contribution in [3.8, 4) is 0 Å². The van der Waals surface area contributed by atoms with E-state index in [9.17, 15) is 4.79 Å². The number of amides is 1. The molecule has 2 aromatic rings. The van der Waals surface area contributed by atoms with E-state index >= 15 is 0 Å². The maximum Gasteiger partial charge on any atom is 0.253 e. The molecule has 4 rings (SSSR count). The summed E-state index contributed by atoms with van der Waals surface area (Å²) in [4.78, 5) is 30.2. The van der Waals surface area contributed by atoms with Crippen LogP contribution in [0.3, 0.4) is 0 Å². The Morgan fingerprint density at radius 3 is 2.96 bits per heavy atom. The molecule has 0 saturated heterocycles. The fraction of sp³-hybridized carbons (Fsp3) is 0.389. The number of hydrogen-bond donors (Lipinski definition) is 1. The van der Waals surface area contributed by atoms with Crippen LogP contribution in [0.15, 0.2) is 28.2 Å². The second-order valence-corrected chi connectivity index (χ2v) is 6.41. The lowest BCUT2D eigenvalue weighted by molar-refractivity contribution is -0.122. The van der Waals surface area contributed by atoms with E-state index in [2.05, 4.69) is 25.3 Å². The number of aryl methyl sites for hydroxylation is 2. The molecule has 2 aliphatic rings. The van der Waals surface area contributed by atoms with Gasteiger partial charge in [-0.15, -0.1) is 0 Å². The third-order valence-electron chi connectivity index (χ3n) is 4.69. The maximum absolute atomic E-state index is 12.2. The van der Waals surface area contributed by atoms with E-state index in [0.717, 1.165) is 53.6 Å². The number of rotatable bonds is 1. The molecule has 1 aliphatic heterocycles. The third kappa shape index (κ3) is 2.58. The first kappa shape index (κ1) is 14.9. The summed E-state index contributed by atoms with van der Waals surface area (Å²) in [5.74, 6) is 0.551. The Labute approximate surface area is 140 Å². The van der Waals surface area contributed by atoms with Gasteiger partial charge in [-0.3, -0.25) is 10.1 Å². The number of carbonyl (C=O) groups is 1. The quantitative estimate of drug-likeness (QED) is 0.877. The van der Waals surface area contributed by atoms with Crippen LogP contribution in [0.5, 0.6) is 0 Å². The predicted molar refractivity (Wildman–Crippen MR) is 93.6 cm³/mol. The first-order valence-electron chi connectivity index (χ1n) is 8.33. The van der Waals surface area contributed by atoms with Crippen LogP contribution in [0.4, 0.5) is 5.95 Å². The largest absolute Gasteiger partial charge is 0.294 e. The summed E-state index contributed by atoms with van der Waals surface area (Å²) in [6, 6.07) is 6.01. The molecule has 1 saturated carbocycles. The molecule has 1 aromatic carbocycles. The summed E-state index contributed by atoms with van der Waals surface area (Å²) in [6.07, 6.45) is 3.91. The predicted octanol–water partition coefficient (Wildman–Crippen LogP) is 3.00. The summed E-state index contributed by atoms with van der Waals surface area (Å²) < 4.78 is 0. The van der Waals surface area contributed by atoms with Crippen LogP contribution < -0.4 is 5.32 Å². The molecular weight excluding hydrogens is 302 g/mol. The number of nitrogens with zero attached hydrogens (tertiary/aromatic N) is 4. The van der Waals surface area contributed by atoms with Gasteiger partial charge in [0.15, 0.2) is 0 Å². The van der Waals surface area contributed by atoms with E-state index in [1.54, 1.807) is 0 Å². The average Bonchev–Trinajstić information content (AvgIpc) is 2.56. The number of para-hydroxylation sites is 1. The molecule has 1 fully saturated rings. The van der Waals surface area contributed by atoms with Gasteiger partial charge in [0.25, 0.3) is 5.95 Å².